The second-order valence-corrected chi connectivity index (χ2v) is 6.15. The Kier molecular flexibility index (Phi) is 6.06. The molecule has 144 valence electrons. The SMILES string of the molecule is COc1ccc(NC(=O)c2cnc(NCc3ccc(C)cc3)cn2)c(OC)c1. The number of hydrogen-bond donors (Lipinski definition) is 2. The molecule has 7 nitrogen and oxygen atoms in total. The maximum atomic E-state index is 12.4. The third-order valence-electron chi connectivity index (χ3n) is 4.14. The number of amides is 1. The summed E-state index contributed by atoms with van der Waals surface area (Å²) < 4.78 is 10.4. The summed E-state index contributed by atoms with van der Waals surface area (Å²) >= 11 is 0. The minimum Gasteiger partial charge on any atom is -0.497 e. The van der Waals surface area contributed by atoms with Crippen molar-refractivity contribution in [2.24, 2.45) is 0 Å². The third kappa shape index (κ3) is 4.76. The number of nitrogens with one attached hydrogen (secondary N) is 2. The summed E-state index contributed by atoms with van der Waals surface area (Å²) in [6, 6.07) is 13.4. The minimum absolute atomic E-state index is 0.207. The van der Waals surface area contributed by atoms with E-state index >= 15 is 0 Å². The van der Waals surface area contributed by atoms with Gasteiger partial charge in [0.1, 0.15) is 23.0 Å². The number of methoxy groups -OCH3 is 2. The van der Waals surface area contributed by atoms with Gasteiger partial charge in [-0.05, 0) is 24.6 Å². The van der Waals surface area contributed by atoms with E-state index in [1.54, 1.807) is 25.3 Å². The zero-order valence-electron chi connectivity index (χ0n) is 16.0. The molecule has 0 aliphatic heterocycles. The van der Waals surface area contributed by atoms with E-state index < -0.39 is 0 Å². The lowest BCUT2D eigenvalue weighted by Crippen LogP contribution is -2.15. The van der Waals surface area contributed by atoms with Crippen molar-refractivity contribution in [3.63, 3.8) is 0 Å². The van der Waals surface area contributed by atoms with Gasteiger partial charge < -0.3 is 20.1 Å². The highest BCUT2D eigenvalue weighted by Crippen LogP contribution is 2.29. The monoisotopic (exact) mass is 378 g/mol. The van der Waals surface area contributed by atoms with E-state index in [1.807, 2.05) is 6.92 Å². The molecular weight excluding hydrogens is 356 g/mol. The molecule has 1 heterocycles. The number of rotatable bonds is 7. The van der Waals surface area contributed by atoms with Crippen LogP contribution in [0.5, 0.6) is 11.5 Å². The number of carbonyl (C=O) groups excluding carboxylic acids is 1. The summed E-state index contributed by atoms with van der Waals surface area (Å²) in [7, 11) is 3.09. The molecule has 0 saturated heterocycles. The fourth-order valence-corrected chi connectivity index (χ4v) is 2.52. The number of ether oxygens (including phenoxy) is 2. The molecular formula is C21H22N4O3. The lowest BCUT2D eigenvalue weighted by molar-refractivity contribution is 0.102. The second kappa shape index (κ2) is 8.85. The van der Waals surface area contributed by atoms with Crippen molar-refractivity contribution in [2.75, 3.05) is 24.9 Å². The Labute approximate surface area is 163 Å². The lowest BCUT2D eigenvalue weighted by Gasteiger charge is -2.11. The molecule has 28 heavy (non-hydrogen) atoms. The number of aryl methyl sites for hydroxylation is 1. The smallest absolute Gasteiger partial charge is 0.275 e. The molecule has 0 spiro atoms. The normalized spacial score (nSPS) is 10.2. The molecule has 1 amide bonds. The Hall–Kier alpha value is -3.61. The number of aromatic nitrogens is 2. The fourth-order valence-electron chi connectivity index (χ4n) is 2.52. The van der Waals surface area contributed by atoms with Gasteiger partial charge in [0.15, 0.2) is 0 Å². The average Bonchev–Trinajstić information content (AvgIpc) is 2.74. The van der Waals surface area contributed by atoms with Crippen LogP contribution >= 0.6 is 0 Å². The van der Waals surface area contributed by atoms with E-state index in [2.05, 4.69) is 44.9 Å². The van der Waals surface area contributed by atoms with Crippen LogP contribution in [-0.2, 0) is 6.54 Å². The van der Waals surface area contributed by atoms with E-state index in [-0.39, 0.29) is 11.6 Å². The standard InChI is InChI=1S/C21H22N4O3/c1-14-4-6-15(7-5-14)11-23-20-13-22-18(12-24-20)21(26)25-17-9-8-16(27-2)10-19(17)28-3/h4-10,12-13H,11H2,1-3H3,(H,23,24)(H,25,26). The first-order valence-electron chi connectivity index (χ1n) is 8.74. The van der Waals surface area contributed by atoms with Crippen molar-refractivity contribution >= 4 is 17.4 Å². The quantitative estimate of drug-likeness (QED) is 0.653. The Morgan fingerprint density at radius 3 is 2.43 bits per heavy atom. The minimum atomic E-state index is -0.374. The van der Waals surface area contributed by atoms with Crippen molar-refractivity contribution in [3.05, 3.63) is 71.7 Å². The predicted octanol–water partition coefficient (Wildman–Crippen LogP) is 3.67. The summed E-state index contributed by atoms with van der Waals surface area (Å²) in [6.45, 7) is 2.68. The van der Waals surface area contributed by atoms with E-state index in [0.717, 1.165) is 5.56 Å². The molecule has 0 radical (unpaired) electrons. The molecule has 2 aromatic carbocycles. The lowest BCUT2D eigenvalue weighted by atomic mass is 10.1. The third-order valence-corrected chi connectivity index (χ3v) is 4.14. The molecule has 0 unspecified atom stereocenters. The Balaban J connectivity index is 1.62. The number of carbonyl (C=O) groups is 1. The number of hydrogen-bond acceptors (Lipinski definition) is 6. The van der Waals surface area contributed by atoms with Gasteiger partial charge in [-0.15, -0.1) is 0 Å². The van der Waals surface area contributed by atoms with Crippen molar-refractivity contribution in [2.45, 2.75) is 13.5 Å². The van der Waals surface area contributed by atoms with Crippen LogP contribution in [0.25, 0.3) is 0 Å². The first-order valence-corrected chi connectivity index (χ1v) is 8.74. The van der Waals surface area contributed by atoms with Gasteiger partial charge >= 0.3 is 0 Å². The molecule has 2 N–H and O–H groups in total. The van der Waals surface area contributed by atoms with Gasteiger partial charge in [-0.2, -0.15) is 0 Å². The highest BCUT2D eigenvalue weighted by molar-refractivity contribution is 6.03. The highest BCUT2D eigenvalue weighted by Gasteiger charge is 2.12. The van der Waals surface area contributed by atoms with Crippen LogP contribution < -0.4 is 20.1 Å². The number of anilines is 2. The molecule has 7 heteroatoms. The van der Waals surface area contributed by atoms with Gasteiger partial charge in [-0.25, -0.2) is 9.97 Å². The van der Waals surface area contributed by atoms with E-state index in [4.69, 9.17) is 9.47 Å². The first-order chi connectivity index (χ1) is 13.6. The molecule has 0 aliphatic rings. The van der Waals surface area contributed by atoms with Crippen molar-refractivity contribution < 1.29 is 14.3 Å². The Bertz CT molecular complexity index is 941. The van der Waals surface area contributed by atoms with Crippen LogP contribution in [0, 0.1) is 6.92 Å². The van der Waals surface area contributed by atoms with Crippen LogP contribution in [0.4, 0.5) is 11.5 Å². The summed E-state index contributed by atoms with van der Waals surface area (Å²) in [4.78, 5) is 20.9. The predicted molar refractivity (Wildman–Crippen MR) is 108 cm³/mol. The van der Waals surface area contributed by atoms with Gasteiger partial charge in [-0.1, -0.05) is 29.8 Å². The summed E-state index contributed by atoms with van der Waals surface area (Å²) in [5, 5.41) is 5.96. The van der Waals surface area contributed by atoms with E-state index in [9.17, 15) is 4.79 Å². The first kappa shape index (κ1) is 19.2. The topological polar surface area (TPSA) is 85.4 Å². The van der Waals surface area contributed by atoms with Gasteiger partial charge in [0.25, 0.3) is 5.91 Å². The maximum Gasteiger partial charge on any atom is 0.275 e. The molecule has 0 fully saturated rings. The fraction of sp³-hybridized carbons (Fsp3) is 0.190. The molecule has 3 rings (SSSR count). The van der Waals surface area contributed by atoms with Gasteiger partial charge in [-0.3, -0.25) is 4.79 Å². The van der Waals surface area contributed by atoms with Gasteiger partial charge in [0.2, 0.25) is 0 Å². The molecule has 0 aliphatic carbocycles. The summed E-state index contributed by atoms with van der Waals surface area (Å²) in [6.07, 6.45) is 2.97. The zero-order valence-corrected chi connectivity index (χ0v) is 16.0. The molecule has 3 aromatic rings. The maximum absolute atomic E-state index is 12.4. The Morgan fingerprint density at radius 1 is 1.00 bits per heavy atom. The second-order valence-electron chi connectivity index (χ2n) is 6.15. The van der Waals surface area contributed by atoms with E-state index in [1.165, 1.54) is 25.1 Å². The molecule has 0 saturated carbocycles. The molecule has 0 bridgehead atoms. The average molecular weight is 378 g/mol. The summed E-state index contributed by atoms with van der Waals surface area (Å²) in [5.41, 5.74) is 3.09. The molecule has 0 atom stereocenters. The highest BCUT2D eigenvalue weighted by atomic mass is 16.5. The van der Waals surface area contributed by atoms with Crippen molar-refractivity contribution in [3.8, 4) is 11.5 Å². The van der Waals surface area contributed by atoms with Crippen molar-refractivity contribution in [1.29, 1.82) is 0 Å². The number of nitrogens with zero attached hydrogens (tertiary/aromatic N) is 2. The van der Waals surface area contributed by atoms with Crippen LogP contribution in [0.1, 0.15) is 21.6 Å². The summed E-state index contributed by atoms with van der Waals surface area (Å²) in [5.74, 6) is 1.36. The van der Waals surface area contributed by atoms with Gasteiger partial charge in [0.05, 0.1) is 32.3 Å². The van der Waals surface area contributed by atoms with Crippen LogP contribution in [-0.4, -0.2) is 30.1 Å². The molecule has 1 aromatic heterocycles. The zero-order chi connectivity index (χ0) is 19.9. The van der Waals surface area contributed by atoms with Crippen LogP contribution in [0.3, 0.4) is 0 Å². The van der Waals surface area contributed by atoms with Crippen LogP contribution in [0.2, 0.25) is 0 Å². The largest absolute Gasteiger partial charge is 0.497 e. The van der Waals surface area contributed by atoms with Crippen molar-refractivity contribution in [1.82, 2.24) is 9.97 Å². The Morgan fingerprint density at radius 2 is 1.79 bits per heavy atom. The van der Waals surface area contributed by atoms with E-state index in [0.29, 0.717) is 29.5 Å². The van der Waals surface area contributed by atoms with Gasteiger partial charge in [0, 0.05) is 12.6 Å². The number of benzene rings is 2. The van der Waals surface area contributed by atoms with Crippen LogP contribution in [0.15, 0.2) is 54.9 Å².